The van der Waals surface area contributed by atoms with Crippen LogP contribution in [0.5, 0.6) is 0 Å². The molecule has 0 unspecified atom stereocenters. The van der Waals surface area contributed by atoms with Crippen LogP contribution in [-0.2, 0) is 16.0 Å². The number of fused-ring (bicyclic) bond motifs is 3. The lowest BCUT2D eigenvalue weighted by atomic mass is 9.98. The molecule has 0 bridgehead atoms. The van der Waals surface area contributed by atoms with Crippen molar-refractivity contribution in [3.05, 3.63) is 95.1 Å². The summed E-state index contributed by atoms with van der Waals surface area (Å²) in [6.07, 6.45) is 0.819. The molecule has 0 fully saturated rings. The van der Waals surface area contributed by atoms with Gasteiger partial charge < -0.3 is 20.5 Å². The largest absolute Gasteiger partial charge is 0.478 e. The lowest BCUT2D eigenvalue weighted by molar-refractivity contribution is -0.121. The highest BCUT2D eigenvalue weighted by Crippen LogP contribution is 2.44. The van der Waals surface area contributed by atoms with Crippen LogP contribution in [0.4, 0.5) is 4.79 Å². The van der Waals surface area contributed by atoms with Gasteiger partial charge in [0.25, 0.3) is 0 Å². The van der Waals surface area contributed by atoms with Gasteiger partial charge in [0.1, 0.15) is 6.61 Å². The number of alkyl carbamates (subject to hydrolysis) is 1. The van der Waals surface area contributed by atoms with Gasteiger partial charge in [-0.25, -0.2) is 9.59 Å². The quantitative estimate of drug-likeness (QED) is 0.380. The number of nitrogens with one attached hydrogen (secondary N) is 2. The number of benzene rings is 3. The molecule has 0 heterocycles. The van der Waals surface area contributed by atoms with Crippen molar-refractivity contribution in [2.75, 3.05) is 19.7 Å². The second-order valence-corrected chi connectivity index (χ2v) is 8.46. The second-order valence-electron chi connectivity index (χ2n) is 8.46. The fourth-order valence-corrected chi connectivity index (χ4v) is 4.38. The molecule has 0 atom stereocenters. The highest BCUT2D eigenvalue weighted by Gasteiger charge is 2.28. The first-order valence-corrected chi connectivity index (χ1v) is 11.7. The van der Waals surface area contributed by atoms with E-state index in [0.29, 0.717) is 25.9 Å². The van der Waals surface area contributed by atoms with Crippen molar-refractivity contribution < 1.29 is 24.2 Å². The minimum Gasteiger partial charge on any atom is -0.478 e. The van der Waals surface area contributed by atoms with Crippen LogP contribution in [0.3, 0.4) is 0 Å². The molecule has 0 aromatic heterocycles. The van der Waals surface area contributed by atoms with Crippen LogP contribution < -0.4 is 10.6 Å². The molecule has 0 saturated carbocycles. The van der Waals surface area contributed by atoms with Gasteiger partial charge in [-0.05, 0) is 52.8 Å². The number of carboxylic acids is 1. The maximum Gasteiger partial charge on any atom is 0.407 e. The first-order valence-electron chi connectivity index (χ1n) is 11.7. The van der Waals surface area contributed by atoms with Crippen molar-refractivity contribution in [2.45, 2.75) is 25.2 Å². The Hall–Kier alpha value is -4.13. The first kappa shape index (κ1) is 24.0. The van der Waals surface area contributed by atoms with Crippen molar-refractivity contribution in [2.24, 2.45) is 0 Å². The van der Waals surface area contributed by atoms with E-state index < -0.39 is 12.1 Å². The van der Waals surface area contributed by atoms with E-state index >= 15 is 0 Å². The highest BCUT2D eigenvalue weighted by atomic mass is 16.5. The maximum atomic E-state index is 12.2. The lowest BCUT2D eigenvalue weighted by Gasteiger charge is -2.14. The fourth-order valence-electron chi connectivity index (χ4n) is 4.38. The van der Waals surface area contributed by atoms with E-state index in [9.17, 15) is 14.4 Å². The average Bonchev–Trinajstić information content (AvgIpc) is 3.19. The van der Waals surface area contributed by atoms with Gasteiger partial charge in [-0.3, -0.25) is 4.79 Å². The van der Waals surface area contributed by atoms with Gasteiger partial charge in [0.05, 0.1) is 5.56 Å². The number of rotatable bonds is 10. The molecule has 35 heavy (non-hydrogen) atoms. The molecule has 3 N–H and O–H groups in total. The number of carbonyl (C=O) groups excluding carboxylic acids is 2. The summed E-state index contributed by atoms with van der Waals surface area (Å²) in [7, 11) is 0. The van der Waals surface area contributed by atoms with Crippen LogP contribution >= 0.6 is 0 Å². The molecule has 7 heteroatoms. The smallest absolute Gasteiger partial charge is 0.407 e. The Labute approximate surface area is 204 Å². The van der Waals surface area contributed by atoms with E-state index in [0.717, 1.165) is 16.7 Å². The summed E-state index contributed by atoms with van der Waals surface area (Å²) >= 11 is 0. The third-order valence-electron chi connectivity index (χ3n) is 6.10. The minimum absolute atomic E-state index is 0.00937. The predicted octanol–water partition coefficient (Wildman–Crippen LogP) is 4.36. The summed E-state index contributed by atoms with van der Waals surface area (Å²) in [6.45, 7) is 1.01. The molecule has 7 nitrogen and oxygen atoms in total. The molecule has 1 aliphatic rings. The average molecular weight is 473 g/mol. The third-order valence-corrected chi connectivity index (χ3v) is 6.10. The molecule has 0 radical (unpaired) electrons. The number of carboxylic acid groups (broad SMARTS) is 1. The van der Waals surface area contributed by atoms with Crippen LogP contribution in [0.15, 0.2) is 72.8 Å². The Bertz CT molecular complexity index is 1180. The fraction of sp³-hybridized carbons (Fsp3) is 0.250. The van der Waals surface area contributed by atoms with E-state index in [4.69, 9.17) is 9.84 Å². The molecule has 1 aliphatic carbocycles. The highest BCUT2D eigenvalue weighted by molar-refractivity contribution is 5.87. The Kier molecular flexibility index (Phi) is 7.77. The van der Waals surface area contributed by atoms with Crippen LogP contribution in [0, 0.1) is 0 Å². The number of hydrogen-bond donors (Lipinski definition) is 3. The molecular weight excluding hydrogens is 444 g/mol. The van der Waals surface area contributed by atoms with Crippen LogP contribution in [0.1, 0.15) is 45.8 Å². The Morgan fingerprint density at radius 3 is 2.20 bits per heavy atom. The number of hydrogen-bond acceptors (Lipinski definition) is 4. The molecule has 3 aromatic rings. The topological polar surface area (TPSA) is 105 Å². The zero-order chi connectivity index (χ0) is 24.6. The number of aromatic carboxylic acids is 1. The molecule has 0 spiro atoms. The minimum atomic E-state index is -0.972. The second kappa shape index (κ2) is 11.3. The van der Waals surface area contributed by atoms with Gasteiger partial charge in [-0.15, -0.1) is 0 Å². The standard InChI is InChI=1S/C28H28N2O5/c31-26(29-16-14-19-7-5-8-20(17-19)27(32)33)13-6-15-30-28(34)35-18-25-23-11-3-1-9-21(23)22-10-2-4-12-24(22)25/h1-5,7-12,17,25H,6,13-16,18H2,(H,29,31)(H,30,34)(H,32,33). The molecule has 0 aliphatic heterocycles. The van der Waals surface area contributed by atoms with Crippen LogP contribution in [0.25, 0.3) is 11.1 Å². The molecule has 2 amide bonds. The zero-order valence-corrected chi connectivity index (χ0v) is 19.3. The van der Waals surface area contributed by atoms with Gasteiger partial charge in [0.15, 0.2) is 0 Å². The predicted molar refractivity (Wildman–Crippen MR) is 132 cm³/mol. The summed E-state index contributed by atoms with van der Waals surface area (Å²) in [5, 5.41) is 14.6. The van der Waals surface area contributed by atoms with Gasteiger partial charge in [-0.2, -0.15) is 0 Å². The van der Waals surface area contributed by atoms with Gasteiger partial charge in [0.2, 0.25) is 5.91 Å². The van der Waals surface area contributed by atoms with Gasteiger partial charge in [-0.1, -0.05) is 60.7 Å². The summed E-state index contributed by atoms with van der Waals surface area (Å²) in [5.41, 5.74) is 5.76. The summed E-state index contributed by atoms with van der Waals surface area (Å²) < 4.78 is 5.49. The van der Waals surface area contributed by atoms with E-state index in [1.807, 2.05) is 30.3 Å². The molecule has 180 valence electrons. The van der Waals surface area contributed by atoms with Crippen molar-refractivity contribution in [3.8, 4) is 11.1 Å². The Balaban J connectivity index is 1.14. The molecule has 0 saturated heterocycles. The van der Waals surface area contributed by atoms with E-state index in [2.05, 4.69) is 34.9 Å². The van der Waals surface area contributed by atoms with Crippen molar-refractivity contribution >= 4 is 18.0 Å². The third kappa shape index (κ3) is 6.06. The Morgan fingerprint density at radius 2 is 1.51 bits per heavy atom. The number of carbonyl (C=O) groups is 3. The van der Waals surface area contributed by atoms with Crippen LogP contribution in [-0.4, -0.2) is 42.8 Å². The van der Waals surface area contributed by atoms with E-state index in [1.54, 1.807) is 12.1 Å². The first-order chi connectivity index (χ1) is 17.0. The maximum absolute atomic E-state index is 12.2. The van der Waals surface area contributed by atoms with E-state index in [1.165, 1.54) is 17.2 Å². The number of amides is 2. The van der Waals surface area contributed by atoms with Crippen molar-refractivity contribution in [3.63, 3.8) is 0 Å². The SMILES string of the molecule is O=C(CCCNC(=O)OCC1c2ccccc2-c2ccccc21)NCCc1cccc(C(=O)O)c1. The summed E-state index contributed by atoms with van der Waals surface area (Å²) in [4.78, 5) is 35.3. The van der Waals surface area contributed by atoms with E-state index in [-0.39, 0.29) is 30.4 Å². The summed E-state index contributed by atoms with van der Waals surface area (Å²) in [6, 6.07) is 23.0. The lowest BCUT2D eigenvalue weighted by Crippen LogP contribution is -2.29. The monoisotopic (exact) mass is 472 g/mol. The van der Waals surface area contributed by atoms with Crippen molar-refractivity contribution in [1.82, 2.24) is 10.6 Å². The normalized spacial score (nSPS) is 11.9. The molecule has 3 aromatic carbocycles. The van der Waals surface area contributed by atoms with Gasteiger partial charge in [0, 0.05) is 25.4 Å². The zero-order valence-electron chi connectivity index (χ0n) is 19.3. The van der Waals surface area contributed by atoms with Crippen molar-refractivity contribution in [1.29, 1.82) is 0 Å². The van der Waals surface area contributed by atoms with Gasteiger partial charge >= 0.3 is 12.1 Å². The Morgan fingerprint density at radius 1 is 0.829 bits per heavy atom. The van der Waals surface area contributed by atoms with Crippen LogP contribution in [0.2, 0.25) is 0 Å². The molecular formula is C28H28N2O5. The molecule has 4 rings (SSSR count). The summed E-state index contributed by atoms with van der Waals surface area (Å²) in [5.74, 6) is -1.08. The number of ether oxygens (including phenoxy) is 1.